The van der Waals surface area contributed by atoms with Crippen molar-refractivity contribution in [3.05, 3.63) is 56.5 Å². The van der Waals surface area contributed by atoms with Crippen LogP contribution >= 0.6 is 46.4 Å². The molecule has 0 fully saturated rings. The summed E-state index contributed by atoms with van der Waals surface area (Å²) < 4.78 is 10.6. The van der Waals surface area contributed by atoms with Crippen LogP contribution in [0.5, 0.6) is 11.5 Å². The van der Waals surface area contributed by atoms with E-state index in [1.54, 1.807) is 24.3 Å². The molecule has 0 aliphatic carbocycles. The van der Waals surface area contributed by atoms with E-state index in [2.05, 4.69) is 10.6 Å². The van der Waals surface area contributed by atoms with Gasteiger partial charge in [0.05, 0.1) is 10.0 Å². The number of nitrogens with one attached hydrogen (secondary N) is 2. The lowest BCUT2D eigenvalue weighted by molar-refractivity contribution is -0.124. The van der Waals surface area contributed by atoms with Crippen molar-refractivity contribution in [3.8, 4) is 11.5 Å². The summed E-state index contributed by atoms with van der Waals surface area (Å²) in [6, 6.07) is 9.41. The van der Waals surface area contributed by atoms with Crippen molar-refractivity contribution in [1.29, 1.82) is 0 Å². The molecule has 2 aromatic carbocycles. The van der Waals surface area contributed by atoms with E-state index in [-0.39, 0.29) is 38.1 Å². The molecule has 0 unspecified atom stereocenters. The van der Waals surface area contributed by atoms with Crippen LogP contribution in [0.25, 0.3) is 0 Å². The number of hydrogen-bond acceptors (Lipinski definition) is 4. The van der Waals surface area contributed by atoms with Crippen LogP contribution in [-0.4, -0.2) is 38.1 Å². The fourth-order valence-corrected chi connectivity index (χ4v) is 2.64. The highest BCUT2D eigenvalue weighted by atomic mass is 35.5. The zero-order valence-electron chi connectivity index (χ0n) is 14.4. The predicted octanol–water partition coefficient (Wildman–Crippen LogP) is 3.99. The van der Waals surface area contributed by atoms with Gasteiger partial charge in [-0.25, -0.2) is 0 Å². The molecule has 0 saturated carbocycles. The molecule has 6 nitrogen and oxygen atoms in total. The molecule has 2 rings (SSSR count). The number of benzene rings is 2. The summed E-state index contributed by atoms with van der Waals surface area (Å²) in [6.45, 7) is -0.0287. The number of rotatable bonds is 9. The fraction of sp³-hybridized carbons (Fsp3) is 0.222. The van der Waals surface area contributed by atoms with Crippen LogP contribution in [-0.2, 0) is 9.59 Å². The van der Waals surface area contributed by atoms with Gasteiger partial charge in [0.2, 0.25) is 0 Å². The SMILES string of the molecule is O=C(COc1cc(Cl)ccc1Cl)NCCNC(=O)COc1cc(Cl)ccc1Cl. The normalized spacial score (nSPS) is 10.3. The van der Waals surface area contributed by atoms with E-state index >= 15 is 0 Å². The molecule has 2 aromatic rings. The molecular formula is C18H16Cl4N2O4. The Morgan fingerprint density at radius 3 is 1.50 bits per heavy atom. The second-order valence-electron chi connectivity index (χ2n) is 5.43. The molecule has 0 bridgehead atoms. The molecular weight excluding hydrogens is 450 g/mol. The first kappa shape index (κ1) is 22.4. The zero-order valence-corrected chi connectivity index (χ0v) is 17.5. The van der Waals surface area contributed by atoms with Gasteiger partial charge in [0.25, 0.3) is 11.8 Å². The maximum Gasteiger partial charge on any atom is 0.258 e. The van der Waals surface area contributed by atoms with Gasteiger partial charge in [0, 0.05) is 35.3 Å². The monoisotopic (exact) mass is 464 g/mol. The average Bonchev–Trinajstić information content (AvgIpc) is 2.66. The number of amides is 2. The zero-order chi connectivity index (χ0) is 20.5. The molecule has 2 N–H and O–H groups in total. The van der Waals surface area contributed by atoms with E-state index in [0.717, 1.165) is 0 Å². The summed E-state index contributed by atoms with van der Waals surface area (Å²) in [5.74, 6) is -0.108. The highest BCUT2D eigenvalue weighted by molar-refractivity contribution is 6.34. The van der Waals surface area contributed by atoms with Crippen molar-refractivity contribution in [3.63, 3.8) is 0 Å². The smallest absolute Gasteiger partial charge is 0.258 e. The van der Waals surface area contributed by atoms with Crippen LogP contribution in [0.4, 0.5) is 0 Å². The number of ether oxygens (including phenoxy) is 2. The Morgan fingerprint density at radius 2 is 1.11 bits per heavy atom. The standard InChI is InChI=1S/C18H16Cl4N2O4/c19-11-1-3-13(21)15(7-11)27-9-17(25)23-5-6-24-18(26)10-28-16-8-12(20)2-4-14(16)22/h1-4,7-8H,5-6,9-10H2,(H,23,25)(H,24,26). The van der Waals surface area contributed by atoms with Crippen LogP contribution in [0, 0.1) is 0 Å². The number of hydrogen-bond donors (Lipinski definition) is 2. The van der Waals surface area contributed by atoms with Crippen LogP contribution in [0.3, 0.4) is 0 Å². The van der Waals surface area contributed by atoms with Crippen molar-refractivity contribution in [2.45, 2.75) is 0 Å². The van der Waals surface area contributed by atoms with Crippen molar-refractivity contribution >= 4 is 58.2 Å². The van der Waals surface area contributed by atoms with Gasteiger partial charge in [-0.1, -0.05) is 46.4 Å². The summed E-state index contributed by atoms with van der Waals surface area (Å²) >= 11 is 23.6. The quantitative estimate of drug-likeness (QED) is 0.549. The van der Waals surface area contributed by atoms with E-state index < -0.39 is 0 Å². The molecule has 0 spiro atoms. The molecule has 0 heterocycles. The van der Waals surface area contributed by atoms with Crippen LogP contribution < -0.4 is 20.1 Å². The van der Waals surface area contributed by atoms with E-state index in [1.807, 2.05) is 0 Å². The summed E-state index contributed by atoms with van der Waals surface area (Å²) in [5, 5.41) is 6.80. The second kappa shape index (κ2) is 11.2. The Balaban J connectivity index is 1.62. The number of carbonyl (C=O) groups is 2. The molecule has 0 radical (unpaired) electrons. The van der Waals surface area contributed by atoms with Gasteiger partial charge in [-0.05, 0) is 24.3 Å². The van der Waals surface area contributed by atoms with E-state index in [9.17, 15) is 9.59 Å². The molecule has 0 atom stereocenters. The highest BCUT2D eigenvalue weighted by Crippen LogP contribution is 2.28. The minimum absolute atomic E-state index is 0.217. The third-order valence-electron chi connectivity index (χ3n) is 3.27. The molecule has 2 amide bonds. The van der Waals surface area contributed by atoms with Gasteiger partial charge in [-0.2, -0.15) is 0 Å². The number of carbonyl (C=O) groups excluding carboxylic acids is 2. The van der Waals surface area contributed by atoms with Gasteiger partial charge in [-0.15, -0.1) is 0 Å². The first-order valence-corrected chi connectivity index (χ1v) is 9.55. The molecule has 150 valence electrons. The first-order chi connectivity index (χ1) is 13.3. The third-order valence-corrected chi connectivity index (χ3v) is 4.37. The molecule has 0 aromatic heterocycles. The van der Waals surface area contributed by atoms with Crippen molar-refractivity contribution in [2.24, 2.45) is 0 Å². The van der Waals surface area contributed by atoms with E-state index in [0.29, 0.717) is 31.6 Å². The Hall–Kier alpha value is -1.86. The Morgan fingerprint density at radius 1 is 0.714 bits per heavy atom. The third kappa shape index (κ3) is 7.64. The lowest BCUT2D eigenvalue weighted by atomic mass is 10.3. The lowest BCUT2D eigenvalue weighted by Crippen LogP contribution is -2.38. The van der Waals surface area contributed by atoms with Crippen LogP contribution in [0.2, 0.25) is 20.1 Å². The van der Waals surface area contributed by atoms with Gasteiger partial charge in [-0.3, -0.25) is 9.59 Å². The van der Waals surface area contributed by atoms with E-state index in [4.69, 9.17) is 55.9 Å². The predicted molar refractivity (Wildman–Crippen MR) is 110 cm³/mol. The van der Waals surface area contributed by atoms with Gasteiger partial charge < -0.3 is 20.1 Å². The van der Waals surface area contributed by atoms with Crippen LogP contribution in [0.1, 0.15) is 0 Å². The minimum Gasteiger partial charge on any atom is -0.482 e. The maximum absolute atomic E-state index is 11.8. The van der Waals surface area contributed by atoms with Gasteiger partial charge >= 0.3 is 0 Å². The van der Waals surface area contributed by atoms with Crippen LogP contribution in [0.15, 0.2) is 36.4 Å². The maximum atomic E-state index is 11.8. The summed E-state index contributed by atoms with van der Waals surface area (Å²) in [4.78, 5) is 23.5. The lowest BCUT2D eigenvalue weighted by Gasteiger charge is -2.10. The molecule has 0 aliphatic rings. The van der Waals surface area contributed by atoms with Gasteiger partial charge in [0.1, 0.15) is 11.5 Å². The molecule has 0 saturated heterocycles. The second-order valence-corrected chi connectivity index (χ2v) is 7.11. The number of halogens is 4. The summed E-state index contributed by atoms with van der Waals surface area (Å²) in [5.41, 5.74) is 0. The van der Waals surface area contributed by atoms with Crippen molar-refractivity contribution in [2.75, 3.05) is 26.3 Å². The van der Waals surface area contributed by atoms with E-state index in [1.165, 1.54) is 12.1 Å². The fourth-order valence-electron chi connectivity index (χ4n) is 1.97. The summed E-state index contributed by atoms with van der Waals surface area (Å²) in [6.07, 6.45) is 0. The molecule has 0 aliphatic heterocycles. The Labute approximate surface area is 182 Å². The molecule has 10 heteroatoms. The average molecular weight is 466 g/mol. The van der Waals surface area contributed by atoms with Crippen molar-refractivity contribution < 1.29 is 19.1 Å². The largest absolute Gasteiger partial charge is 0.482 e. The topological polar surface area (TPSA) is 76.7 Å². The summed E-state index contributed by atoms with van der Waals surface area (Å²) in [7, 11) is 0. The van der Waals surface area contributed by atoms with Crippen molar-refractivity contribution in [1.82, 2.24) is 10.6 Å². The minimum atomic E-state index is -0.368. The Kier molecular flexibility index (Phi) is 8.99. The van der Waals surface area contributed by atoms with Gasteiger partial charge in [0.15, 0.2) is 13.2 Å². The first-order valence-electron chi connectivity index (χ1n) is 8.04. The Bertz CT molecular complexity index is 779. The highest BCUT2D eigenvalue weighted by Gasteiger charge is 2.08. The molecule has 28 heavy (non-hydrogen) atoms.